The number of ether oxygens (including phenoxy) is 2. The van der Waals surface area contributed by atoms with Gasteiger partial charge in [-0.25, -0.2) is 14.4 Å². The number of benzene rings is 2. The lowest BCUT2D eigenvalue weighted by molar-refractivity contribution is -0.0893. The van der Waals surface area contributed by atoms with Gasteiger partial charge in [0.15, 0.2) is 28.7 Å². The summed E-state index contributed by atoms with van der Waals surface area (Å²) >= 11 is 0. The summed E-state index contributed by atoms with van der Waals surface area (Å²) in [6.07, 6.45) is 7.50. The van der Waals surface area contributed by atoms with Gasteiger partial charge in [-0.05, 0) is 37.8 Å². The topological polar surface area (TPSA) is 115 Å². The van der Waals surface area contributed by atoms with E-state index in [1.165, 1.54) is 0 Å². The van der Waals surface area contributed by atoms with Crippen LogP contribution in [0.4, 0.5) is 4.39 Å². The van der Waals surface area contributed by atoms with E-state index in [0.29, 0.717) is 55.3 Å². The minimum absolute atomic E-state index is 0.126. The number of halogens is 1. The Bertz CT molecular complexity index is 1650. The van der Waals surface area contributed by atoms with Crippen molar-refractivity contribution in [2.45, 2.75) is 68.5 Å². The van der Waals surface area contributed by atoms with E-state index in [2.05, 4.69) is 10.3 Å². The molecule has 10 nitrogen and oxygen atoms in total. The third-order valence-corrected chi connectivity index (χ3v) is 9.46. The van der Waals surface area contributed by atoms with Crippen LogP contribution in [-0.4, -0.2) is 82.0 Å². The Morgan fingerprint density at radius 1 is 1.18 bits per heavy atom. The number of methoxy groups -OCH3 is 1. The predicted octanol–water partition coefficient (Wildman–Crippen LogP) is 5.08. The first-order valence-electron chi connectivity index (χ1n) is 16.0. The standard InChI is InChI=1S/C34H40FN5O5/c1-43-20-34(42)15-6-5-9-27(34)40-21-37-30(31(40)22-7-3-2-4-8-22)33(41)39-17-16-36-19-24(39)14-18-44-25-12-13-26-29(28(25)35)38-32(45-26)23-10-11-23/h2-4,7-8,12-13,21,23-24,27,36,42H,5-6,9-11,14-20H2,1H3/t24-,27-,34-/m1/s1. The number of aromatic nitrogens is 3. The number of imidazole rings is 1. The molecule has 238 valence electrons. The Balaban J connectivity index is 1.12. The summed E-state index contributed by atoms with van der Waals surface area (Å²) in [4.78, 5) is 25.2. The fourth-order valence-corrected chi connectivity index (χ4v) is 6.96. The number of oxazole rings is 1. The van der Waals surface area contributed by atoms with E-state index >= 15 is 4.39 Å². The summed E-state index contributed by atoms with van der Waals surface area (Å²) in [6, 6.07) is 12.6. The maximum absolute atomic E-state index is 15.3. The Morgan fingerprint density at radius 3 is 2.82 bits per heavy atom. The van der Waals surface area contributed by atoms with Crippen molar-refractivity contribution in [3.05, 3.63) is 66.2 Å². The molecular formula is C34H40FN5O5. The SMILES string of the molecule is COC[C@]1(O)CCCC[C@H]1n1cnc(C(=O)N2CCNC[C@H]2CCOc2ccc3oc(C4CC4)nc3c2F)c1-c1ccccc1. The van der Waals surface area contributed by atoms with Crippen LogP contribution in [0.3, 0.4) is 0 Å². The summed E-state index contributed by atoms with van der Waals surface area (Å²) in [5, 5.41) is 15.0. The highest BCUT2D eigenvalue weighted by Crippen LogP contribution is 2.42. The van der Waals surface area contributed by atoms with Crippen molar-refractivity contribution >= 4 is 17.0 Å². The summed E-state index contributed by atoms with van der Waals surface area (Å²) in [7, 11) is 1.60. The monoisotopic (exact) mass is 617 g/mol. The number of nitrogens with zero attached hydrogens (tertiary/aromatic N) is 4. The molecule has 45 heavy (non-hydrogen) atoms. The van der Waals surface area contributed by atoms with Gasteiger partial charge in [0.05, 0.1) is 31.3 Å². The second-order valence-electron chi connectivity index (χ2n) is 12.6. The molecular weight excluding hydrogens is 577 g/mol. The zero-order chi connectivity index (χ0) is 31.0. The van der Waals surface area contributed by atoms with E-state index in [9.17, 15) is 9.90 Å². The molecule has 2 aromatic heterocycles. The van der Waals surface area contributed by atoms with Crippen LogP contribution in [0, 0.1) is 5.82 Å². The van der Waals surface area contributed by atoms with Crippen LogP contribution in [0.25, 0.3) is 22.4 Å². The van der Waals surface area contributed by atoms with Gasteiger partial charge in [-0.3, -0.25) is 4.79 Å². The van der Waals surface area contributed by atoms with Crippen LogP contribution in [0.5, 0.6) is 5.75 Å². The smallest absolute Gasteiger partial charge is 0.275 e. The summed E-state index contributed by atoms with van der Waals surface area (Å²) < 4.78 is 34.3. The molecule has 0 bridgehead atoms. The molecule has 1 aliphatic heterocycles. The number of carbonyl (C=O) groups excluding carboxylic acids is 1. The summed E-state index contributed by atoms with van der Waals surface area (Å²) in [5.74, 6) is 0.310. The third-order valence-electron chi connectivity index (χ3n) is 9.46. The van der Waals surface area contributed by atoms with Gasteiger partial charge < -0.3 is 33.8 Å². The molecule has 0 unspecified atom stereocenters. The first kappa shape index (κ1) is 29.9. The molecule has 7 rings (SSSR count). The lowest BCUT2D eigenvalue weighted by atomic mass is 9.80. The normalized spacial score (nSPS) is 23.8. The number of carbonyl (C=O) groups is 1. The number of hydrogen-bond acceptors (Lipinski definition) is 8. The molecule has 4 aromatic rings. The molecule has 2 aliphatic carbocycles. The van der Waals surface area contributed by atoms with E-state index < -0.39 is 11.4 Å². The lowest BCUT2D eigenvalue weighted by Gasteiger charge is -2.41. The highest BCUT2D eigenvalue weighted by molar-refractivity contribution is 5.98. The Morgan fingerprint density at radius 2 is 2.02 bits per heavy atom. The van der Waals surface area contributed by atoms with Crippen molar-refractivity contribution in [3.8, 4) is 17.0 Å². The average molecular weight is 618 g/mol. The number of piperazine rings is 1. The average Bonchev–Trinajstić information content (AvgIpc) is 3.66. The number of rotatable bonds is 10. The number of nitrogens with one attached hydrogen (secondary N) is 1. The number of amides is 1. The molecule has 3 fully saturated rings. The van der Waals surface area contributed by atoms with Gasteiger partial charge in [-0.2, -0.15) is 0 Å². The highest BCUT2D eigenvalue weighted by atomic mass is 19.1. The predicted molar refractivity (Wildman–Crippen MR) is 166 cm³/mol. The maximum Gasteiger partial charge on any atom is 0.275 e. The number of fused-ring (bicyclic) bond motifs is 1. The van der Waals surface area contributed by atoms with Crippen LogP contribution in [0.15, 0.2) is 53.2 Å². The van der Waals surface area contributed by atoms with Gasteiger partial charge in [-0.15, -0.1) is 0 Å². The van der Waals surface area contributed by atoms with Gasteiger partial charge in [0.25, 0.3) is 5.91 Å². The molecule has 2 N–H and O–H groups in total. The lowest BCUT2D eigenvalue weighted by Crippen LogP contribution is -2.54. The van der Waals surface area contributed by atoms with Crippen LogP contribution >= 0.6 is 0 Å². The van der Waals surface area contributed by atoms with Gasteiger partial charge in [-0.1, -0.05) is 43.2 Å². The van der Waals surface area contributed by atoms with Crippen molar-refractivity contribution < 1.29 is 28.2 Å². The van der Waals surface area contributed by atoms with E-state index in [0.717, 1.165) is 37.7 Å². The largest absolute Gasteiger partial charge is 0.490 e. The van der Waals surface area contributed by atoms with Crippen molar-refractivity contribution in [1.29, 1.82) is 0 Å². The van der Waals surface area contributed by atoms with Crippen LogP contribution < -0.4 is 10.1 Å². The fourth-order valence-electron chi connectivity index (χ4n) is 6.96. The molecule has 3 atom stereocenters. The molecule has 3 aliphatic rings. The fraction of sp³-hybridized carbons (Fsp3) is 0.500. The van der Waals surface area contributed by atoms with Crippen LogP contribution in [0.1, 0.15) is 73.3 Å². The van der Waals surface area contributed by atoms with Gasteiger partial charge in [0, 0.05) is 50.7 Å². The minimum Gasteiger partial charge on any atom is -0.490 e. The third kappa shape index (κ3) is 5.84. The number of aliphatic hydroxyl groups is 1. The molecule has 2 aromatic carbocycles. The minimum atomic E-state index is -1.06. The van der Waals surface area contributed by atoms with E-state index in [4.69, 9.17) is 18.9 Å². The second-order valence-corrected chi connectivity index (χ2v) is 12.6. The zero-order valence-corrected chi connectivity index (χ0v) is 25.6. The molecule has 1 amide bonds. The van der Waals surface area contributed by atoms with Crippen molar-refractivity contribution in [3.63, 3.8) is 0 Å². The zero-order valence-electron chi connectivity index (χ0n) is 25.6. The first-order chi connectivity index (χ1) is 22.0. The van der Waals surface area contributed by atoms with Crippen molar-refractivity contribution in [1.82, 2.24) is 24.8 Å². The van der Waals surface area contributed by atoms with Crippen LogP contribution in [-0.2, 0) is 4.74 Å². The van der Waals surface area contributed by atoms with Crippen LogP contribution in [0.2, 0.25) is 0 Å². The summed E-state index contributed by atoms with van der Waals surface area (Å²) in [5.41, 5.74) is 1.48. The molecule has 3 heterocycles. The highest BCUT2D eigenvalue weighted by Gasteiger charge is 2.42. The Kier molecular flexibility index (Phi) is 8.32. The van der Waals surface area contributed by atoms with E-state index in [1.807, 2.05) is 39.8 Å². The quantitative estimate of drug-likeness (QED) is 0.253. The molecule has 2 saturated carbocycles. The van der Waals surface area contributed by atoms with Crippen molar-refractivity contribution in [2.75, 3.05) is 40.0 Å². The molecule has 0 radical (unpaired) electrons. The second kappa shape index (κ2) is 12.5. The molecule has 1 saturated heterocycles. The number of hydrogen-bond donors (Lipinski definition) is 2. The Hall–Kier alpha value is -3.80. The maximum atomic E-state index is 15.3. The van der Waals surface area contributed by atoms with E-state index in [-0.39, 0.29) is 48.4 Å². The molecule has 11 heteroatoms. The van der Waals surface area contributed by atoms with Crippen molar-refractivity contribution in [2.24, 2.45) is 0 Å². The molecule has 0 spiro atoms. The van der Waals surface area contributed by atoms with Gasteiger partial charge in [0.1, 0.15) is 11.1 Å². The summed E-state index contributed by atoms with van der Waals surface area (Å²) in [6.45, 7) is 2.17. The Labute approximate surface area is 261 Å². The van der Waals surface area contributed by atoms with Gasteiger partial charge in [0.2, 0.25) is 0 Å². The first-order valence-corrected chi connectivity index (χ1v) is 16.0. The van der Waals surface area contributed by atoms with Gasteiger partial charge >= 0.3 is 0 Å². The van der Waals surface area contributed by atoms with E-state index in [1.54, 1.807) is 25.6 Å².